The van der Waals surface area contributed by atoms with Crippen LogP contribution < -0.4 is 23.7 Å². The van der Waals surface area contributed by atoms with Gasteiger partial charge in [0, 0.05) is 17.5 Å². The van der Waals surface area contributed by atoms with E-state index < -0.39 is 6.10 Å². The maximum absolute atomic E-state index is 11.4. The molecule has 1 aliphatic carbocycles. The van der Waals surface area contributed by atoms with Crippen molar-refractivity contribution in [3.63, 3.8) is 0 Å². The van der Waals surface area contributed by atoms with E-state index in [0.29, 0.717) is 17.9 Å². The van der Waals surface area contributed by atoms with Crippen molar-refractivity contribution in [1.82, 2.24) is 0 Å². The van der Waals surface area contributed by atoms with E-state index in [4.69, 9.17) is 23.7 Å². The lowest BCUT2D eigenvalue weighted by molar-refractivity contribution is 0.211. The first kappa shape index (κ1) is 22.8. The van der Waals surface area contributed by atoms with Gasteiger partial charge in [-0.2, -0.15) is 0 Å². The quantitative estimate of drug-likeness (QED) is 0.557. The van der Waals surface area contributed by atoms with Crippen LogP contribution in [0.3, 0.4) is 0 Å². The molecule has 3 aromatic rings. The summed E-state index contributed by atoms with van der Waals surface area (Å²) in [6, 6.07) is 13.7. The van der Waals surface area contributed by atoms with Crippen LogP contribution in [0.15, 0.2) is 42.5 Å². The van der Waals surface area contributed by atoms with Gasteiger partial charge in [0.05, 0.1) is 35.5 Å². The van der Waals surface area contributed by atoms with Crippen LogP contribution in [0.4, 0.5) is 0 Å². The molecule has 0 fully saturated rings. The van der Waals surface area contributed by atoms with Gasteiger partial charge in [-0.15, -0.1) is 0 Å². The van der Waals surface area contributed by atoms with Crippen LogP contribution in [0.2, 0.25) is 0 Å². The van der Waals surface area contributed by atoms with E-state index in [9.17, 15) is 5.11 Å². The van der Waals surface area contributed by atoms with Crippen molar-refractivity contribution in [2.75, 3.05) is 35.5 Å². The standard InChI is InChI=1S/C27H30O6/c1-15-7-22-26(25(8-15)33-6)20(11-16-9-17(29-2)12-18(10-16)30-3)19-13-23(31-4)24(32-5)14-21(19)27(22)28/h7-10,12-14,20,27-28H,11H2,1-6H3. The summed E-state index contributed by atoms with van der Waals surface area (Å²) >= 11 is 0. The van der Waals surface area contributed by atoms with Crippen LogP contribution in [0.5, 0.6) is 28.7 Å². The second-order valence-corrected chi connectivity index (χ2v) is 8.19. The van der Waals surface area contributed by atoms with Crippen LogP contribution in [0.1, 0.15) is 45.4 Å². The predicted octanol–water partition coefficient (Wildman–Crippen LogP) is 4.81. The van der Waals surface area contributed by atoms with Crippen LogP contribution >= 0.6 is 0 Å². The highest BCUT2D eigenvalue weighted by molar-refractivity contribution is 5.62. The number of aryl methyl sites for hydroxylation is 1. The number of fused-ring (bicyclic) bond motifs is 2. The Labute approximate surface area is 194 Å². The smallest absolute Gasteiger partial charge is 0.161 e. The summed E-state index contributed by atoms with van der Waals surface area (Å²) in [4.78, 5) is 0. The molecule has 1 N–H and O–H groups in total. The predicted molar refractivity (Wildman–Crippen MR) is 126 cm³/mol. The number of benzene rings is 3. The number of rotatable bonds is 7. The molecule has 1 aliphatic rings. The largest absolute Gasteiger partial charge is 0.497 e. The summed E-state index contributed by atoms with van der Waals surface area (Å²) in [5.41, 5.74) is 5.64. The molecule has 2 atom stereocenters. The van der Waals surface area contributed by atoms with E-state index in [0.717, 1.165) is 50.6 Å². The molecule has 33 heavy (non-hydrogen) atoms. The number of hydrogen-bond donors (Lipinski definition) is 1. The summed E-state index contributed by atoms with van der Waals surface area (Å²) in [6.07, 6.45) is -0.158. The van der Waals surface area contributed by atoms with Gasteiger partial charge in [0.15, 0.2) is 11.5 Å². The van der Waals surface area contributed by atoms with E-state index in [2.05, 4.69) is 0 Å². The maximum atomic E-state index is 11.4. The van der Waals surface area contributed by atoms with E-state index in [1.165, 1.54) is 0 Å². The minimum Gasteiger partial charge on any atom is -0.497 e. The summed E-state index contributed by atoms with van der Waals surface area (Å²) in [7, 11) is 8.16. The zero-order valence-electron chi connectivity index (χ0n) is 19.9. The summed E-state index contributed by atoms with van der Waals surface area (Å²) in [5, 5.41) is 11.4. The number of ether oxygens (including phenoxy) is 5. The molecule has 6 nitrogen and oxygen atoms in total. The first-order chi connectivity index (χ1) is 15.9. The lowest BCUT2D eigenvalue weighted by atomic mass is 9.73. The van der Waals surface area contributed by atoms with Crippen molar-refractivity contribution in [3.05, 3.63) is 75.8 Å². The molecule has 0 aromatic heterocycles. The third kappa shape index (κ3) is 4.07. The Morgan fingerprint density at radius 1 is 0.636 bits per heavy atom. The van der Waals surface area contributed by atoms with Crippen LogP contribution in [-0.2, 0) is 6.42 Å². The molecule has 2 unspecified atom stereocenters. The maximum Gasteiger partial charge on any atom is 0.161 e. The van der Waals surface area contributed by atoms with Crippen LogP contribution in [-0.4, -0.2) is 40.7 Å². The Kier molecular flexibility index (Phi) is 6.38. The Bertz CT molecular complexity index is 1150. The molecular weight excluding hydrogens is 420 g/mol. The van der Waals surface area contributed by atoms with Gasteiger partial charge in [-0.1, -0.05) is 6.07 Å². The van der Waals surface area contributed by atoms with E-state index in [-0.39, 0.29) is 5.92 Å². The Balaban J connectivity index is 1.95. The molecule has 174 valence electrons. The van der Waals surface area contributed by atoms with Crippen molar-refractivity contribution < 1.29 is 28.8 Å². The molecule has 0 amide bonds. The average Bonchev–Trinajstić information content (AvgIpc) is 2.84. The average molecular weight is 451 g/mol. The fraction of sp³-hybridized carbons (Fsp3) is 0.333. The molecule has 0 heterocycles. The molecule has 6 heteroatoms. The zero-order valence-corrected chi connectivity index (χ0v) is 19.9. The molecule has 0 saturated carbocycles. The molecule has 0 saturated heterocycles. The molecular formula is C27H30O6. The fourth-order valence-electron chi connectivity index (χ4n) is 4.76. The second-order valence-electron chi connectivity index (χ2n) is 8.19. The van der Waals surface area contributed by atoms with Gasteiger partial charge in [0.1, 0.15) is 23.4 Å². The number of aliphatic hydroxyl groups is 1. The van der Waals surface area contributed by atoms with Crippen molar-refractivity contribution in [2.45, 2.75) is 25.4 Å². The van der Waals surface area contributed by atoms with Crippen molar-refractivity contribution >= 4 is 0 Å². The molecule has 0 bridgehead atoms. The zero-order chi connectivity index (χ0) is 23.7. The fourth-order valence-corrected chi connectivity index (χ4v) is 4.76. The van der Waals surface area contributed by atoms with E-state index in [1.807, 2.05) is 49.4 Å². The van der Waals surface area contributed by atoms with Crippen molar-refractivity contribution in [1.29, 1.82) is 0 Å². The van der Waals surface area contributed by atoms with E-state index in [1.54, 1.807) is 35.5 Å². The first-order valence-corrected chi connectivity index (χ1v) is 10.8. The van der Waals surface area contributed by atoms with Crippen LogP contribution in [0.25, 0.3) is 0 Å². The molecule has 4 rings (SSSR count). The minimum absolute atomic E-state index is 0.0921. The summed E-state index contributed by atoms with van der Waals surface area (Å²) < 4.78 is 27.9. The number of hydrogen-bond acceptors (Lipinski definition) is 6. The molecule has 0 radical (unpaired) electrons. The highest BCUT2D eigenvalue weighted by Crippen LogP contribution is 2.50. The minimum atomic E-state index is -0.806. The lowest BCUT2D eigenvalue weighted by Crippen LogP contribution is -2.21. The van der Waals surface area contributed by atoms with Crippen LogP contribution in [0, 0.1) is 6.92 Å². The Morgan fingerprint density at radius 2 is 1.21 bits per heavy atom. The van der Waals surface area contributed by atoms with Gasteiger partial charge >= 0.3 is 0 Å². The van der Waals surface area contributed by atoms with Gasteiger partial charge in [-0.05, 0) is 71.5 Å². The van der Waals surface area contributed by atoms with Crippen molar-refractivity contribution in [2.24, 2.45) is 0 Å². The summed E-state index contributed by atoms with van der Waals surface area (Å²) in [5.74, 6) is 3.31. The third-order valence-corrected chi connectivity index (χ3v) is 6.29. The highest BCUT2D eigenvalue weighted by atomic mass is 16.5. The molecule has 0 spiro atoms. The van der Waals surface area contributed by atoms with Gasteiger partial charge < -0.3 is 28.8 Å². The normalized spacial score (nSPS) is 16.5. The van der Waals surface area contributed by atoms with E-state index >= 15 is 0 Å². The molecule has 0 aliphatic heterocycles. The first-order valence-electron chi connectivity index (χ1n) is 10.8. The van der Waals surface area contributed by atoms with Gasteiger partial charge in [-0.3, -0.25) is 0 Å². The van der Waals surface area contributed by atoms with Crippen molar-refractivity contribution in [3.8, 4) is 28.7 Å². The lowest BCUT2D eigenvalue weighted by Gasteiger charge is -2.34. The second kappa shape index (κ2) is 9.24. The monoisotopic (exact) mass is 450 g/mol. The van der Waals surface area contributed by atoms with Gasteiger partial charge in [0.25, 0.3) is 0 Å². The Morgan fingerprint density at radius 3 is 1.76 bits per heavy atom. The molecule has 3 aromatic carbocycles. The summed E-state index contributed by atoms with van der Waals surface area (Å²) in [6.45, 7) is 2.00. The van der Waals surface area contributed by atoms with Gasteiger partial charge in [-0.25, -0.2) is 0 Å². The number of aliphatic hydroxyl groups excluding tert-OH is 1. The third-order valence-electron chi connectivity index (χ3n) is 6.29. The Hall–Kier alpha value is -3.38. The SMILES string of the molecule is COc1cc(CC2c3cc(OC)c(OC)cc3C(O)c3cc(C)cc(OC)c32)cc(OC)c1. The number of methoxy groups -OCH3 is 5. The topological polar surface area (TPSA) is 66.4 Å². The van der Waals surface area contributed by atoms with Gasteiger partial charge in [0.2, 0.25) is 0 Å². The highest BCUT2D eigenvalue weighted by Gasteiger charge is 2.35.